The molecule has 0 aliphatic carbocycles. The molecule has 1 aliphatic rings. The van der Waals surface area contributed by atoms with Crippen molar-refractivity contribution in [3.63, 3.8) is 0 Å². The normalized spacial score (nSPS) is 28.5. The van der Waals surface area contributed by atoms with E-state index >= 15 is 0 Å². The number of carbonyl (C=O) groups is 1. The molecule has 0 spiro atoms. The van der Waals surface area contributed by atoms with E-state index in [1.807, 2.05) is 0 Å². The number of pyridine rings is 1. The van der Waals surface area contributed by atoms with E-state index in [1.165, 1.54) is 12.3 Å². The SMILES string of the molecule is O=C(Nc1cccnc1)c1cccc(C2OC(CO)C(O)C(O)C2O)c1. The Kier molecular flexibility index (Phi) is 5.60. The number of hydrogen-bond acceptors (Lipinski definition) is 7. The average molecular weight is 360 g/mol. The number of rotatable bonds is 4. The maximum absolute atomic E-state index is 12.4. The number of aliphatic hydroxyl groups is 4. The number of nitrogens with one attached hydrogen (secondary N) is 1. The van der Waals surface area contributed by atoms with Crippen LogP contribution in [0.3, 0.4) is 0 Å². The zero-order chi connectivity index (χ0) is 18.7. The number of ether oxygens (including phenoxy) is 1. The summed E-state index contributed by atoms with van der Waals surface area (Å²) in [6.45, 7) is -0.511. The van der Waals surface area contributed by atoms with Gasteiger partial charge in [-0.1, -0.05) is 12.1 Å². The lowest BCUT2D eigenvalue weighted by Crippen LogP contribution is -2.55. The summed E-state index contributed by atoms with van der Waals surface area (Å²) in [5.74, 6) is -0.371. The van der Waals surface area contributed by atoms with Gasteiger partial charge in [0, 0.05) is 11.8 Å². The summed E-state index contributed by atoms with van der Waals surface area (Å²) in [4.78, 5) is 16.3. The number of nitrogens with zero attached hydrogens (tertiary/aromatic N) is 1. The highest BCUT2D eigenvalue weighted by atomic mass is 16.5. The zero-order valence-corrected chi connectivity index (χ0v) is 13.8. The van der Waals surface area contributed by atoms with Gasteiger partial charge < -0.3 is 30.5 Å². The fourth-order valence-corrected chi connectivity index (χ4v) is 2.87. The molecule has 2 heterocycles. The molecular weight excluding hydrogens is 340 g/mol. The van der Waals surface area contributed by atoms with E-state index in [1.54, 1.807) is 36.5 Å². The lowest BCUT2D eigenvalue weighted by molar-refractivity contribution is -0.231. The Bertz CT molecular complexity index is 754. The Morgan fingerprint density at radius 1 is 1.12 bits per heavy atom. The minimum atomic E-state index is -1.47. The lowest BCUT2D eigenvalue weighted by Gasteiger charge is -2.40. The molecule has 26 heavy (non-hydrogen) atoms. The molecule has 5 atom stereocenters. The van der Waals surface area contributed by atoms with Crippen molar-refractivity contribution in [3.8, 4) is 0 Å². The third kappa shape index (κ3) is 3.74. The van der Waals surface area contributed by atoms with Crippen LogP contribution in [0.4, 0.5) is 5.69 Å². The number of carbonyl (C=O) groups excluding carboxylic acids is 1. The maximum atomic E-state index is 12.4. The van der Waals surface area contributed by atoms with Crippen LogP contribution >= 0.6 is 0 Å². The van der Waals surface area contributed by atoms with Crippen molar-refractivity contribution in [2.75, 3.05) is 11.9 Å². The van der Waals surface area contributed by atoms with Crippen molar-refractivity contribution in [2.24, 2.45) is 0 Å². The highest BCUT2D eigenvalue weighted by Gasteiger charge is 2.43. The Morgan fingerprint density at radius 3 is 2.62 bits per heavy atom. The Balaban J connectivity index is 1.81. The van der Waals surface area contributed by atoms with Crippen LogP contribution in [0.25, 0.3) is 0 Å². The first-order valence-electron chi connectivity index (χ1n) is 8.13. The maximum Gasteiger partial charge on any atom is 0.255 e. The molecule has 5 N–H and O–H groups in total. The second-order valence-electron chi connectivity index (χ2n) is 6.07. The van der Waals surface area contributed by atoms with Gasteiger partial charge in [0.15, 0.2) is 0 Å². The van der Waals surface area contributed by atoms with Crippen LogP contribution in [0.2, 0.25) is 0 Å². The van der Waals surface area contributed by atoms with Gasteiger partial charge in [-0.15, -0.1) is 0 Å². The molecule has 1 aromatic carbocycles. The van der Waals surface area contributed by atoms with Crippen molar-refractivity contribution in [2.45, 2.75) is 30.5 Å². The van der Waals surface area contributed by atoms with Crippen LogP contribution in [-0.4, -0.2) is 62.3 Å². The second kappa shape index (κ2) is 7.90. The smallest absolute Gasteiger partial charge is 0.255 e. The minimum Gasteiger partial charge on any atom is -0.394 e. The summed E-state index contributed by atoms with van der Waals surface area (Å²) in [7, 11) is 0. The van der Waals surface area contributed by atoms with Gasteiger partial charge in [-0.3, -0.25) is 9.78 Å². The Morgan fingerprint density at radius 2 is 1.92 bits per heavy atom. The Labute approximate surface area is 149 Å². The zero-order valence-electron chi connectivity index (χ0n) is 13.8. The van der Waals surface area contributed by atoms with E-state index in [9.17, 15) is 25.2 Å². The molecule has 0 saturated carbocycles. The standard InChI is InChI=1S/C18H20N2O6/c21-9-13-14(22)15(23)16(24)17(26-13)10-3-1-4-11(7-10)18(25)20-12-5-2-6-19-8-12/h1-8,13-17,21-24H,9H2,(H,20,25). The molecule has 1 saturated heterocycles. The van der Waals surface area contributed by atoms with E-state index in [4.69, 9.17) is 4.74 Å². The summed E-state index contributed by atoms with van der Waals surface area (Å²) in [6.07, 6.45) is -3.19. The van der Waals surface area contributed by atoms with Crippen LogP contribution in [0, 0.1) is 0 Å². The van der Waals surface area contributed by atoms with Gasteiger partial charge >= 0.3 is 0 Å². The number of aromatic nitrogens is 1. The van der Waals surface area contributed by atoms with Gasteiger partial charge in [-0.25, -0.2) is 0 Å². The monoisotopic (exact) mass is 360 g/mol. The third-order valence-electron chi connectivity index (χ3n) is 4.29. The van der Waals surface area contributed by atoms with Gasteiger partial charge in [0.1, 0.15) is 30.5 Å². The molecule has 1 amide bonds. The van der Waals surface area contributed by atoms with Gasteiger partial charge in [-0.05, 0) is 29.8 Å². The van der Waals surface area contributed by atoms with Gasteiger partial charge in [0.25, 0.3) is 5.91 Å². The van der Waals surface area contributed by atoms with Crippen molar-refractivity contribution in [1.82, 2.24) is 4.98 Å². The number of aliphatic hydroxyl groups excluding tert-OH is 4. The summed E-state index contributed by atoms with van der Waals surface area (Å²) in [5.41, 5.74) is 1.31. The molecule has 0 bridgehead atoms. The first-order chi connectivity index (χ1) is 12.5. The molecule has 8 heteroatoms. The van der Waals surface area contributed by atoms with E-state index in [0.717, 1.165) is 0 Å². The predicted molar refractivity (Wildman–Crippen MR) is 91.4 cm³/mol. The minimum absolute atomic E-state index is 0.323. The van der Waals surface area contributed by atoms with Crippen molar-refractivity contribution < 1.29 is 30.0 Å². The third-order valence-corrected chi connectivity index (χ3v) is 4.29. The first kappa shape index (κ1) is 18.4. The molecule has 5 unspecified atom stereocenters. The molecular formula is C18H20N2O6. The quantitative estimate of drug-likeness (QED) is 0.512. The summed E-state index contributed by atoms with van der Waals surface area (Å²) in [5, 5.41) is 42.0. The fraction of sp³-hybridized carbons (Fsp3) is 0.333. The molecule has 0 radical (unpaired) electrons. The molecule has 1 fully saturated rings. The van der Waals surface area contributed by atoms with Crippen LogP contribution in [-0.2, 0) is 4.74 Å². The van der Waals surface area contributed by atoms with Crippen LogP contribution in [0.15, 0.2) is 48.8 Å². The Hall–Kier alpha value is -2.36. The van der Waals surface area contributed by atoms with Crippen LogP contribution in [0.1, 0.15) is 22.0 Å². The van der Waals surface area contributed by atoms with E-state index < -0.39 is 37.1 Å². The number of anilines is 1. The summed E-state index contributed by atoms with van der Waals surface area (Å²) in [6, 6.07) is 9.77. The number of benzene rings is 1. The topological polar surface area (TPSA) is 132 Å². The van der Waals surface area contributed by atoms with Crippen molar-refractivity contribution in [1.29, 1.82) is 0 Å². The number of amides is 1. The number of hydrogen-bond donors (Lipinski definition) is 5. The van der Waals surface area contributed by atoms with E-state index in [-0.39, 0.29) is 5.91 Å². The predicted octanol–water partition coefficient (Wildman–Crippen LogP) is -0.151. The average Bonchev–Trinajstić information content (AvgIpc) is 2.67. The second-order valence-corrected chi connectivity index (χ2v) is 6.07. The largest absolute Gasteiger partial charge is 0.394 e. The highest BCUT2D eigenvalue weighted by Crippen LogP contribution is 2.32. The molecule has 1 aromatic heterocycles. The van der Waals surface area contributed by atoms with Gasteiger partial charge in [-0.2, -0.15) is 0 Å². The van der Waals surface area contributed by atoms with Crippen LogP contribution < -0.4 is 5.32 Å². The van der Waals surface area contributed by atoms with Crippen molar-refractivity contribution >= 4 is 11.6 Å². The van der Waals surface area contributed by atoms with Crippen molar-refractivity contribution in [3.05, 3.63) is 59.9 Å². The molecule has 3 rings (SSSR count). The molecule has 2 aromatic rings. The van der Waals surface area contributed by atoms with Crippen LogP contribution in [0.5, 0.6) is 0 Å². The first-order valence-corrected chi connectivity index (χ1v) is 8.13. The summed E-state index contributed by atoms with van der Waals surface area (Å²) < 4.78 is 5.52. The molecule has 138 valence electrons. The van der Waals surface area contributed by atoms with E-state index in [2.05, 4.69) is 10.3 Å². The lowest BCUT2D eigenvalue weighted by atomic mass is 9.90. The highest BCUT2D eigenvalue weighted by molar-refractivity contribution is 6.04. The van der Waals surface area contributed by atoms with Gasteiger partial charge in [0.2, 0.25) is 0 Å². The van der Waals surface area contributed by atoms with Gasteiger partial charge in [0.05, 0.1) is 18.5 Å². The molecule has 8 nitrogen and oxygen atoms in total. The molecule has 1 aliphatic heterocycles. The fourth-order valence-electron chi connectivity index (χ4n) is 2.87. The summed E-state index contributed by atoms with van der Waals surface area (Å²) >= 11 is 0. The van der Waals surface area contributed by atoms with E-state index in [0.29, 0.717) is 16.8 Å².